The number of carboxylic acid groups (broad SMARTS) is 1. The van der Waals surface area contributed by atoms with E-state index in [1.165, 1.54) is 0 Å². The Morgan fingerprint density at radius 3 is 2.36 bits per heavy atom. The molecule has 0 saturated heterocycles. The fraction of sp³-hybridized carbons (Fsp3) is 0.857. The van der Waals surface area contributed by atoms with E-state index in [0.717, 1.165) is 12.8 Å². The van der Waals surface area contributed by atoms with Gasteiger partial charge in [-0.05, 0) is 18.3 Å². The second-order valence-corrected chi connectivity index (χ2v) is 3.50. The highest BCUT2D eigenvalue weighted by atomic mass is 19.3. The zero-order valence-electron chi connectivity index (χ0n) is 6.23. The molecule has 1 rings (SSSR count). The molecule has 0 amide bonds. The molecule has 1 N–H and O–H groups in total. The van der Waals surface area contributed by atoms with Gasteiger partial charge in [-0.2, -0.15) is 8.78 Å². The van der Waals surface area contributed by atoms with Gasteiger partial charge in [0.25, 0.3) is 0 Å². The lowest BCUT2D eigenvalue weighted by Gasteiger charge is -2.14. The summed E-state index contributed by atoms with van der Waals surface area (Å²) in [4.78, 5) is 9.98. The average molecular weight is 164 g/mol. The van der Waals surface area contributed by atoms with E-state index >= 15 is 0 Å². The van der Waals surface area contributed by atoms with Crippen LogP contribution in [0.15, 0.2) is 0 Å². The molecule has 0 aromatic rings. The first-order valence-corrected chi connectivity index (χ1v) is 3.47. The van der Waals surface area contributed by atoms with Crippen molar-refractivity contribution in [3.8, 4) is 0 Å². The predicted octanol–water partition coefficient (Wildman–Crippen LogP) is 1.90. The Morgan fingerprint density at radius 1 is 1.64 bits per heavy atom. The van der Waals surface area contributed by atoms with Crippen LogP contribution >= 0.6 is 0 Å². The average Bonchev–Trinajstić information content (AvgIpc) is 2.45. The molecular formula is C7H10F2O2. The van der Waals surface area contributed by atoms with Gasteiger partial charge in [-0.25, -0.2) is 4.79 Å². The van der Waals surface area contributed by atoms with Gasteiger partial charge in [0.15, 0.2) is 0 Å². The van der Waals surface area contributed by atoms with Crippen LogP contribution in [0.25, 0.3) is 0 Å². The molecule has 1 aliphatic carbocycles. The Labute approximate surface area is 63.2 Å². The molecule has 1 saturated carbocycles. The van der Waals surface area contributed by atoms with E-state index in [1.54, 1.807) is 6.92 Å². The molecule has 0 atom stereocenters. The first-order valence-electron chi connectivity index (χ1n) is 3.47. The second kappa shape index (κ2) is 2.16. The quantitative estimate of drug-likeness (QED) is 0.691. The number of alkyl halides is 2. The van der Waals surface area contributed by atoms with Crippen LogP contribution in [0, 0.1) is 5.41 Å². The van der Waals surface area contributed by atoms with E-state index in [1.807, 2.05) is 0 Å². The van der Waals surface area contributed by atoms with E-state index in [0.29, 0.717) is 0 Å². The number of carboxylic acids is 1. The van der Waals surface area contributed by atoms with Gasteiger partial charge in [0, 0.05) is 6.42 Å². The van der Waals surface area contributed by atoms with Crippen molar-refractivity contribution in [2.45, 2.75) is 32.1 Å². The van der Waals surface area contributed by atoms with Gasteiger partial charge < -0.3 is 5.11 Å². The van der Waals surface area contributed by atoms with Crippen molar-refractivity contribution in [1.29, 1.82) is 0 Å². The standard InChI is InChI=1S/C7H10F2O2/c1-6(2-3-6)4-7(8,9)5(10)11/h2-4H2,1H3,(H,10,11). The monoisotopic (exact) mass is 164 g/mol. The number of aliphatic carboxylic acids is 1. The van der Waals surface area contributed by atoms with Crippen molar-refractivity contribution in [3.05, 3.63) is 0 Å². The Kier molecular flexibility index (Phi) is 1.65. The van der Waals surface area contributed by atoms with E-state index < -0.39 is 23.7 Å². The minimum atomic E-state index is -3.54. The molecule has 1 aliphatic rings. The van der Waals surface area contributed by atoms with Crippen molar-refractivity contribution in [2.24, 2.45) is 5.41 Å². The highest BCUT2D eigenvalue weighted by molar-refractivity contribution is 5.75. The summed E-state index contributed by atoms with van der Waals surface area (Å²) in [7, 11) is 0. The van der Waals surface area contributed by atoms with Gasteiger partial charge in [-0.3, -0.25) is 0 Å². The lowest BCUT2D eigenvalue weighted by molar-refractivity contribution is -0.167. The molecule has 0 heterocycles. The normalized spacial score (nSPS) is 21.4. The van der Waals surface area contributed by atoms with Crippen molar-refractivity contribution in [1.82, 2.24) is 0 Å². The van der Waals surface area contributed by atoms with Crippen molar-refractivity contribution >= 4 is 5.97 Å². The third-order valence-electron chi connectivity index (χ3n) is 2.07. The zero-order valence-corrected chi connectivity index (χ0v) is 6.23. The Balaban J connectivity index is 2.52. The molecule has 0 bridgehead atoms. The van der Waals surface area contributed by atoms with Gasteiger partial charge in [-0.1, -0.05) is 6.92 Å². The second-order valence-electron chi connectivity index (χ2n) is 3.50. The molecule has 4 heteroatoms. The molecule has 0 radical (unpaired) electrons. The van der Waals surface area contributed by atoms with Crippen LogP contribution in [0.1, 0.15) is 26.2 Å². The molecule has 1 fully saturated rings. The van der Waals surface area contributed by atoms with E-state index in [-0.39, 0.29) is 0 Å². The summed E-state index contributed by atoms with van der Waals surface area (Å²) in [5, 5.41) is 8.08. The summed E-state index contributed by atoms with van der Waals surface area (Å²) >= 11 is 0. The molecule has 0 aliphatic heterocycles. The highest BCUT2D eigenvalue weighted by Gasteiger charge is 2.50. The number of halogens is 2. The van der Waals surface area contributed by atoms with Crippen molar-refractivity contribution in [2.75, 3.05) is 0 Å². The molecule has 64 valence electrons. The first kappa shape index (κ1) is 8.43. The van der Waals surface area contributed by atoms with Crippen LogP contribution in [0.5, 0.6) is 0 Å². The molecule has 0 spiro atoms. The summed E-state index contributed by atoms with van der Waals surface area (Å²) in [5.41, 5.74) is -0.415. The zero-order chi connectivity index (χ0) is 8.70. The lowest BCUT2D eigenvalue weighted by atomic mass is 10.0. The van der Waals surface area contributed by atoms with Crippen LogP contribution in [-0.4, -0.2) is 17.0 Å². The highest BCUT2D eigenvalue weighted by Crippen LogP contribution is 2.51. The molecule has 0 aromatic carbocycles. The molecule has 0 aromatic heterocycles. The summed E-state index contributed by atoms with van der Waals surface area (Å²) in [6.07, 6.45) is 0.918. The van der Waals surface area contributed by atoms with Crippen LogP contribution in [0.4, 0.5) is 8.78 Å². The summed E-state index contributed by atoms with van der Waals surface area (Å²) < 4.78 is 25.0. The Hall–Kier alpha value is -0.670. The van der Waals surface area contributed by atoms with Crippen LogP contribution < -0.4 is 0 Å². The molecule has 11 heavy (non-hydrogen) atoms. The SMILES string of the molecule is CC1(CC(F)(F)C(=O)O)CC1. The first-order chi connectivity index (χ1) is 4.86. The molecule has 0 unspecified atom stereocenters. The van der Waals surface area contributed by atoms with Gasteiger partial charge in [0.1, 0.15) is 0 Å². The number of rotatable bonds is 3. The predicted molar refractivity (Wildman–Crippen MR) is 34.5 cm³/mol. The smallest absolute Gasteiger partial charge is 0.374 e. The maximum absolute atomic E-state index is 12.5. The summed E-state index contributed by atoms with van der Waals surface area (Å²) in [5.74, 6) is -5.55. The summed E-state index contributed by atoms with van der Waals surface area (Å²) in [6, 6.07) is 0. The van der Waals surface area contributed by atoms with E-state index in [4.69, 9.17) is 5.11 Å². The summed E-state index contributed by atoms with van der Waals surface area (Å²) in [6.45, 7) is 1.68. The Bertz CT molecular complexity index is 185. The lowest BCUT2D eigenvalue weighted by Crippen LogP contribution is -2.30. The van der Waals surface area contributed by atoms with Gasteiger partial charge in [0.05, 0.1) is 0 Å². The largest absolute Gasteiger partial charge is 0.477 e. The molecular weight excluding hydrogens is 154 g/mol. The maximum atomic E-state index is 12.5. The van der Waals surface area contributed by atoms with Crippen LogP contribution in [0.2, 0.25) is 0 Å². The third kappa shape index (κ3) is 1.88. The van der Waals surface area contributed by atoms with Gasteiger partial charge >= 0.3 is 11.9 Å². The number of carbonyl (C=O) groups is 1. The minimum Gasteiger partial charge on any atom is -0.477 e. The van der Waals surface area contributed by atoms with Gasteiger partial charge in [0.2, 0.25) is 0 Å². The Morgan fingerprint density at radius 2 is 2.09 bits per heavy atom. The van der Waals surface area contributed by atoms with E-state index in [9.17, 15) is 13.6 Å². The van der Waals surface area contributed by atoms with Crippen molar-refractivity contribution < 1.29 is 18.7 Å². The fourth-order valence-corrected chi connectivity index (χ4v) is 1.00. The maximum Gasteiger partial charge on any atom is 0.374 e. The number of hydrogen-bond donors (Lipinski definition) is 1. The minimum absolute atomic E-state index is 0.415. The molecule has 2 nitrogen and oxygen atoms in total. The van der Waals surface area contributed by atoms with Crippen LogP contribution in [0.3, 0.4) is 0 Å². The third-order valence-corrected chi connectivity index (χ3v) is 2.07. The fourth-order valence-electron chi connectivity index (χ4n) is 1.00. The number of hydrogen-bond acceptors (Lipinski definition) is 1. The van der Waals surface area contributed by atoms with E-state index in [2.05, 4.69) is 0 Å². The van der Waals surface area contributed by atoms with Gasteiger partial charge in [-0.15, -0.1) is 0 Å². The van der Waals surface area contributed by atoms with Crippen LogP contribution in [-0.2, 0) is 4.79 Å². The van der Waals surface area contributed by atoms with Crippen molar-refractivity contribution in [3.63, 3.8) is 0 Å². The topological polar surface area (TPSA) is 37.3 Å².